The number of hydrogen-bond acceptors (Lipinski definition) is 5. The fourth-order valence-electron chi connectivity index (χ4n) is 2.48. The van der Waals surface area contributed by atoms with Crippen LogP contribution in [-0.2, 0) is 11.3 Å². The lowest BCUT2D eigenvalue weighted by Gasteiger charge is -2.22. The van der Waals surface area contributed by atoms with Gasteiger partial charge in [-0.3, -0.25) is 4.79 Å². The highest BCUT2D eigenvalue weighted by Crippen LogP contribution is 2.29. The summed E-state index contributed by atoms with van der Waals surface area (Å²) in [5.74, 6) is 1.45. The third kappa shape index (κ3) is 3.85. The normalized spacial score (nSPS) is 17.4. The van der Waals surface area contributed by atoms with Gasteiger partial charge in [0.25, 0.3) is 0 Å². The molecule has 6 nitrogen and oxygen atoms in total. The van der Waals surface area contributed by atoms with Crippen molar-refractivity contribution < 1.29 is 4.79 Å². The van der Waals surface area contributed by atoms with Gasteiger partial charge in [-0.1, -0.05) is 17.8 Å². The van der Waals surface area contributed by atoms with Crippen molar-refractivity contribution in [2.45, 2.75) is 42.6 Å². The molecule has 2 heterocycles. The second kappa shape index (κ2) is 7.61. The summed E-state index contributed by atoms with van der Waals surface area (Å²) in [7, 11) is 1.65. The minimum atomic E-state index is -0.191. The lowest BCUT2D eigenvalue weighted by atomic mass is 9.97. The van der Waals surface area contributed by atoms with Crippen molar-refractivity contribution in [1.29, 1.82) is 0 Å². The number of aromatic nitrogens is 3. The molecule has 1 fully saturated rings. The average Bonchev–Trinajstić information content (AvgIpc) is 2.90. The summed E-state index contributed by atoms with van der Waals surface area (Å²) in [6.07, 6.45) is 4.00. The smallest absolute Gasteiger partial charge is 0.233 e. The van der Waals surface area contributed by atoms with E-state index in [4.69, 9.17) is 0 Å². The zero-order valence-electron chi connectivity index (χ0n) is 12.6. The quantitative estimate of drug-likeness (QED) is 0.609. The van der Waals surface area contributed by atoms with Gasteiger partial charge in [-0.15, -0.1) is 16.8 Å². The Hall–Kier alpha value is -1.34. The molecule has 1 amide bonds. The number of nitrogens with one attached hydrogen (secondary N) is 2. The number of allylic oxidation sites excluding steroid dienone is 1. The lowest BCUT2D eigenvalue weighted by Crippen LogP contribution is -2.28. The van der Waals surface area contributed by atoms with Crippen LogP contribution < -0.4 is 10.6 Å². The van der Waals surface area contributed by atoms with Crippen molar-refractivity contribution in [2.75, 3.05) is 20.1 Å². The molecule has 0 aromatic carbocycles. The fraction of sp³-hybridized carbons (Fsp3) is 0.643. The van der Waals surface area contributed by atoms with Gasteiger partial charge >= 0.3 is 0 Å². The molecule has 1 aromatic rings. The number of rotatable bonds is 6. The molecule has 1 saturated heterocycles. The Morgan fingerprint density at radius 1 is 1.57 bits per heavy atom. The highest BCUT2D eigenvalue weighted by molar-refractivity contribution is 8.00. The Labute approximate surface area is 129 Å². The van der Waals surface area contributed by atoms with Crippen LogP contribution in [0.4, 0.5) is 0 Å². The predicted octanol–water partition coefficient (Wildman–Crippen LogP) is 1.16. The zero-order valence-corrected chi connectivity index (χ0v) is 13.4. The van der Waals surface area contributed by atoms with Crippen molar-refractivity contribution in [3.8, 4) is 0 Å². The van der Waals surface area contributed by atoms with Crippen LogP contribution in [0, 0.1) is 0 Å². The maximum Gasteiger partial charge on any atom is 0.233 e. The Morgan fingerprint density at radius 2 is 2.29 bits per heavy atom. The topological polar surface area (TPSA) is 71.8 Å². The molecule has 0 radical (unpaired) electrons. The van der Waals surface area contributed by atoms with Gasteiger partial charge in [-0.2, -0.15) is 0 Å². The van der Waals surface area contributed by atoms with Gasteiger partial charge in [0.05, 0.1) is 5.25 Å². The molecule has 21 heavy (non-hydrogen) atoms. The number of hydrogen-bond donors (Lipinski definition) is 2. The first-order valence-electron chi connectivity index (χ1n) is 7.30. The van der Waals surface area contributed by atoms with Gasteiger partial charge in [0, 0.05) is 19.5 Å². The molecular formula is C14H23N5OS. The molecule has 2 N–H and O–H groups in total. The van der Waals surface area contributed by atoms with Gasteiger partial charge in [0.2, 0.25) is 5.91 Å². The second-order valence-electron chi connectivity index (χ2n) is 5.14. The maximum atomic E-state index is 11.7. The molecule has 2 rings (SSSR count). The van der Waals surface area contributed by atoms with Gasteiger partial charge in [-0.25, -0.2) is 0 Å². The largest absolute Gasteiger partial charge is 0.358 e. The van der Waals surface area contributed by atoms with Crippen LogP contribution in [0.25, 0.3) is 0 Å². The fourth-order valence-corrected chi connectivity index (χ4v) is 3.41. The first-order chi connectivity index (χ1) is 10.2. The second-order valence-corrected chi connectivity index (χ2v) is 6.45. The Morgan fingerprint density at radius 3 is 2.90 bits per heavy atom. The summed E-state index contributed by atoms with van der Waals surface area (Å²) in [4.78, 5) is 11.7. The Balaban J connectivity index is 2.19. The van der Waals surface area contributed by atoms with E-state index in [9.17, 15) is 4.79 Å². The van der Waals surface area contributed by atoms with Gasteiger partial charge < -0.3 is 15.2 Å². The van der Waals surface area contributed by atoms with E-state index < -0.39 is 0 Å². The highest BCUT2D eigenvalue weighted by atomic mass is 32.2. The standard InChI is InChI=1S/C14H23N5OS/c1-4-9-19-12(11-5-7-16-8-6-11)17-18-14(19)21-10(2)13(20)15-3/h4,10-11,16H,1,5-9H2,2-3H3,(H,15,20). The molecule has 0 bridgehead atoms. The summed E-state index contributed by atoms with van der Waals surface area (Å²) in [6.45, 7) is 8.40. The van der Waals surface area contributed by atoms with E-state index in [2.05, 4.69) is 32.0 Å². The van der Waals surface area contributed by atoms with E-state index in [1.54, 1.807) is 7.05 Å². The summed E-state index contributed by atoms with van der Waals surface area (Å²) < 4.78 is 2.09. The molecule has 0 saturated carbocycles. The van der Waals surface area contributed by atoms with E-state index in [1.807, 2.05) is 13.0 Å². The van der Waals surface area contributed by atoms with Gasteiger partial charge in [0.1, 0.15) is 5.82 Å². The number of nitrogens with zero attached hydrogens (tertiary/aromatic N) is 3. The van der Waals surface area contributed by atoms with Crippen molar-refractivity contribution >= 4 is 17.7 Å². The summed E-state index contributed by atoms with van der Waals surface area (Å²) in [5, 5.41) is 15.3. The summed E-state index contributed by atoms with van der Waals surface area (Å²) in [6, 6.07) is 0. The molecule has 1 atom stereocenters. The van der Waals surface area contributed by atoms with Crippen LogP contribution in [0.2, 0.25) is 0 Å². The molecule has 116 valence electrons. The van der Waals surface area contributed by atoms with Crippen LogP contribution in [0.3, 0.4) is 0 Å². The minimum absolute atomic E-state index is 0.00318. The number of carbonyl (C=O) groups excluding carboxylic acids is 1. The third-order valence-electron chi connectivity index (χ3n) is 3.66. The highest BCUT2D eigenvalue weighted by Gasteiger charge is 2.24. The first kappa shape index (κ1) is 16.0. The number of amides is 1. The maximum absolute atomic E-state index is 11.7. The first-order valence-corrected chi connectivity index (χ1v) is 8.18. The van der Waals surface area contributed by atoms with E-state index in [0.29, 0.717) is 12.5 Å². The molecule has 1 aromatic heterocycles. The molecule has 1 aliphatic rings. The SMILES string of the molecule is C=CCn1c(SC(C)C(=O)NC)nnc1C1CCNCC1. The van der Waals surface area contributed by atoms with Crippen LogP contribution in [0.15, 0.2) is 17.8 Å². The number of piperidine rings is 1. The van der Waals surface area contributed by atoms with Crippen LogP contribution in [-0.4, -0.2) is 46.1 Å². The van der Waals surface area contributed by atoms with Crippen LogP contribution in [0.5, 0.6) is 0 Å². The third-order valence-corrected chi connectivity index (χ3v) is 4.74. The van der Waals surface area contributed by atoms with Crippen molar-refractivity contribution in [3.63, 3.8) is 0 Å². The average molecular weight is 309 g/mol. The lowest BCUT2D eigenvalue weighted by molar-refractivity contribution is -0.119. The zero-order chi connectivity index (χ0) is 15.2. The molecule has 1 unspecified atom stereocenters. The molecule has 7 heteroatoms. The van der Waals surface area contributed by atoms with Crippen LogP contribution >= 0.6 is 11.8 Å². The predicted molar refractivity (Wildman–Crippen MR) is 84.4 cm³/mol. The summed E-state index contributed by atoms with van der Waals surface area (Å²) >= 11 is 1.44. The van der Waals surface area contributed by atoms with E-state index in [0.717, 1.165) is 36.9 Å². The minimum Gasteiger partial charge on any atom is -0.358 e. The van der Waals surface area contributed by atoms with Crippen LogP contribution in [0.1, 0.15) is 31.5 Å². The van der Waals surface area contributed by atoms with Crippen molar-refractivity contribution in [2.24, 2.45) is 0 Å². The van der Waals surface area contributed by atoms with Gasteiger partial charge in [-0.05, 0) is 32.9 Å². The van der Waals surface area contributed by atoms with E-state index in [1.165, 1.54) is 11.8 Å². The Bertz CT molecular complexity index is 496. The van der Waals surface area contributed by atoms with Crippen molar-refractivity contribution in [1.82, 2.24) is 25.4 Å². The monoisotopic (exact) mass is 309 g/mol. The van der Waals surface area contributed by atoms with E-state index >= 15 is 0 Å². The number of carbonyl (C=O) groups is 1. The summed E-state index contributed by atoms with van der Waals surface area (Å²) in [5.41, 5.74) is 0. The Kier molecular flexibility index (Phi) is 5.81. The van der Waals surface area contributed by atoms with Gasteiger partial charge in [0.15, 0.2) is 5.16 Å². The van der Waals surface area contributed by atoms with Crippen molar-refractivity contribution in [3.05, 3.63) is 18.5 Å². The molecule has 1 aliphatic heterocycles. The van der Waals surface area contributed by atoms with E-state index in [-0.39, 0.29) is 11.2 Å². The molecule has 0 aliphatic carbocycles. The number of thioether (sulfide) groups is 1. The molecular weight excluding hydrogens is 286 g/mol. The molecule has 0 spiro atoms.